The summed E-state index contributed by atoms with van der Waals surface area (Å²) in [5.41, 5.74) is 3.85. The molecule has 3 aromatic rings. The number of carbonyl (C=O) groups is 1. The van der Waals surface area contributed by atoms with Crippen LogP contribution in [0.5, 0.6) is 0 Å². The third kappa shape index (κ3) is 4.26. The number of hydrogen-bond acceptors (Lipinski definition) is 5. The Kier molecular flexibility index (Phi) is 5.84. The lowest BCUT2D eigenvalue weighted by Gasteiger charge is -2.15. The average molecular weight is 379 g/mol. The van der Waals surface area contributed by atoms with Crippen LogP contribution >= 0.6 is 0 Å². The van der Waals surface area contributed by atoms with Gasteiger partial charge >= 0.3 is 0 Å². The van der Waals surface area contributed by atoms with Gasteiger partial charge in [-0.1, -0.05) is 19.9 Å². The fraction of sp³-hybridized carbons (Fsp3) is 0.333. The molecule has 1 unspecified atom stereocenters. The normalized spacial score (nSPS) is 12.2. The number of pyridine rings is 1. The smallest absolute Gasteiger partial charge is 0.251 e. The van der Waals surface area contributed by atoms with Crippen LogP contribution in [0.3, 0.4) is 0 Å². The van der Waals surface area contributed by atoms with Crippen molar-refractivity contribution < 1.29 is 9.90 Å². The number of nitrogens with zero attached hydrogens (tertiary/aromatic N) is 4. The highest BCUT2D eigenvalue weighted by atomic mass is 16.3. The van der Waals surface area contributed by atoms with Crippen LogP contribution in [0.15, 0.2) is 42.9 Å². The fourth-order valence-corrected chi connectivity index (χ4v) is 2.85. The summed E-state index contributed by atoms with van der Waals surface area (Å²) >= 11 is 0. The minimum Gasteiger partial charge on any atom is -0.394 e. The molecule has 1 amide bonds. The molecular weight excluding hydrogens is 354 g/mol. The Labute approximate surface area is 164 Å². The Balaban J connectivity index is 2.12. The number of amides is 1. The molecule has 0 saturated carbocycles. The van der Waals surface area contributed by atoms with Gasteiger partial charge in [-0.2, -0.15) is 5.10 Å². The third-order valence-corrected chi connectivity index (χ3v) is 4.37. The van der Waals surface area contributed by atoms with Gasteiger partial charge in [-0.25, -0.2) is 9.67 Å². The minimum atomic E-state index is -0.338. The molecule has 1 atom stereocenters. The zero-order valence-corrected chi connectivity index (χ0v) is 16.5. The summed E-state index contributed by atoms with van der Waals surface area (Å²) in [5.74, 6) is 0.724. The van der Waals surface area contributed by atoms with Crippen molar-refractivity contribution >= 4 is 5.91 Å². The summed E-state index contributed by atoms with van der Waals surface area (Å²) in [6, 6.07) is 9.10. The maximum atomic E-state index is 12.7. The first-order valence-corrected chi connectivity index (χ1v) is 9.29. The standard InChI is InChI=1S/C21H25N5O2/c1-13(2)20-23-12-24-26(20)18-8-16(19-6-5-14(3)10-22-19)7-17(9-18)21(28)25-15(4)11-27/h5-10,12-13,15,27H,11H2,1-4H3,(H,25,28). The molecule has 0 radical (unpaired) electrons. The van der Waals surface area contributed by atoms with Gasteiger partial charge in [0.25, 0.3) is 5.91 Å². The molecule has 3 rings (SSSR count). The molecule has 0 fully saturated rings. The molecule has 0 saturated heterocycles. The maximum absolute atomic E-state index is 12.7. The highest BCUT2D eigenvalue weighted by molar-refractivity contribution is 5.96. The zero-order valence-electron chi connectivity index (χ0n) is 16.5. The monoisotopic (exact) mass is 379 g/mol. The van der Waals surface area contributed by atoms with Crippen molar-refractivity contribution in [2.75, 3.05) is 6.61 Å². The van der Waals surface area contributed by atoms with Crippen LogP contribution in [0, 0.1) is 6.92 Å². The van der Waals surface area contributed by atoms with Gasteiger partial charge in [0.15, 0.2) is 0 Å². The molecule has 146 valence electrons. The quantitative estimate of drug-likeness (QED) is 0.687. The van der Waals surface area contributed by atoms with Gasteiger partial charge in [0.1, 0.15) is 12.2 Å². The van der Waals surface area contributed by atoms with Crippen LogP contribution in [0.1, 0.15) is 48.4 Å². The Morgan fingerprint density at radius 3 is 2.61 bits per heavy atom. The van der Waals surface area contributed by atoms with Crippen LogP contribution in [0.2, 0.25) is 0 Å². The lowest BCUT2D eigenvalue weighted by molar-refractivity contribution is 0.0922. The first-order chi connectivity index (χ1) is 13.4. The average Bonchev–Trinajstić information content (AvgIpc) is 3.18. The van der Waals surface area contributed by atoms with Crippen LogP contribution in [-0.4, -0.2) is 43.4 Å². The van der Waals surface area contributed by atoms with E-state index in [2.05, 4.69) is 20.4 Å². The second kappa shape index (κ2) is 8.31. The van der Waals surface area contributed by atoms with Crippen LogP contribution < -0.4 is 5.32 Å². The molecular formula is C21H25N5O2. The van der Waals surface area contributed by atoms with E-state index in [0.29, 0.717) is 5.56 Å². The summed E-state index contributed by atoms with van der Waals surface area (Å²) in [5, 5.41) is 16.4. The van der Waals surface area contributed by atoms with E-state index >= 15 is 0 Å². The summed E-state index contributed by atoms with van der Waals surface area (Å²) in [4.78, 5) is 21.5. The van der Waals surface area contributed by atoms with Gasteiger partial charge < -0.3 is 10.4 Å². The van der Waals surface area contributed by atoms with E-state index in [0.717, 1.165) is 28.3 Å². The number of rotatable bonds is 6. The largest absolute Gasteiger partial charge is 0.394 e. The highest BCUT2D eigenvalue weighted by Gasteiger charge is 2.16. The first kappa shape index (κ1) is 19.7. The number of benzene rings is 1. The Morgan fingerprint density at radius 1 is 1.18 bits per heavy atom. The van der Waals surface area contributed by atoms with E-state index in [9.17, 15) is 9.90 Å². The molecule has 0 spiro atoms. The van der Waals surface area contributed by atoms with Crippen LogP contribution in [0.25, 0.3) is 16.9 Å². The lowest BCUT2D eigenvalue weighted by atomic mass is 10.0. The third-order valence-electron chi connectivity index (χ3n) is 4.37. The van der Waals surface area contributed by atoms with E-state index in [4.69, 9.17) is 0 Å². The second-order valence-electron chi connectivity index (χ2n) is 7.23. The van der Waals surface area contributed by atoms with Crippen molar-refractivity contribution in [2.24, 2.45) is 0 Å². The first-order valence-electron chi connectivity index (χ1n) is 9.29. The van der Waals surface area contributed by atoms with E-state index in [1.807, 2.05) is 39.0 Å². The molecule has 2 N–H and O–H groups in total. The van der Waals surface area contributed by atoms with E-state index < -0.39 is 0 Å². The number of carbonyl (C=O) groups excluding carboxylic acids is 1. The number of aliphatic hydroxyl groups excluding tert-OH is 1. The van der Waals surface area contributed by atoms with E-state index in [1.165, 1.54) is 6.33 Å². The van der Waals surface area contributed by atoms with Crippen molar-refractivity contribution in [3.63, 3.8) is 0 Å². The predicted octanol–water partition coefficient (Wildman–Crippen LogP) is 2.87. The van der Waals surface area contributed by atoms with Gasteiger partial charge in [-0.05, 0) is 43.7 Å². The number of nitrogens with one attached hydrogen (secondary N) is 1. The minimum absolute atomic E-state index is 0.127. The molecule has 7 nitrogen and oxygen atoms in total. The van der Waals surface area contributed by atoms with Crippen LogP contribution in [0.4, 0.5) is 0 Å². The zero-order chi connectivity index (χ0) is 20.3. The van der Waals surface area contributed by atoms with Gasteiger partial charge in [0, 0.05) is 29.3 Å². The number of aromatic nitrogens is 4. The van der Waals surface area contributed by atoms with Crippen molar-refractivity contribution in [2.45, 2.75) is 39.7 Å². The van der Waals surface area contributed by atoms with Gasteiger partial charge in [0.2, 0.25) is 0 Å². The van der Waals surface area contributed by atoms with Gasteiger partial charge in [-0.3, -0.25) is 9.78 Å². The maximum Gasteiger partial charge on any atom is 0.251 e. The molecule has 0 aliphatic carbocycles. The summed E-state index contributed by atoms with van der Waals surface area (Å²) in [6.07, 6.45) is 3.31. The summed E-state index contributed by atoms with van der Waals surface area (Å²) in [6.45, 7) is 7.69. The van der Waals surface area contributed by atoms with Crippen LogP contribution in [-0.2, 0) is 0 Å². The summed E-state index contributed by atoms with van der Waals surface area (Å²) in [7, 11) is 0. The summed E-state index contributed by atoms with van der Waals surface area (Å²) < 4.78 is 1.74. The van der Waals surface area contributed by atoms with Crippen molar-refractivity contribution in [3.05, 3.63) is 59.8 Å². The predicted molar refractivity (Wildman–Crippen MR) is 107 cm³/mol. The topological polar surface area (TPSA) is 92.9 Å². The molecule has 0 aliphatic heterocycles. The molecule has 0 bridgehead atoms. The van der Waals surface area contributed by atoms with Crippen molar-refractivity contribution in [3.8, 4) is 16.9 Å². The van der Waals surface area contributed by atoms with E-state index in [1.54, 1.807) is 29.9 Å². The highest BCUT2D eigenvalue weighted by Crippen LogP contribution is 2.25. The Hall–Kier alpha value is -3.06. The molecule has 2 heterocycles. The number of aryl methyl sites for hydroxylation is 1. The number of hydrogen-bond donors (Lipinski definition) is 2. The van der Waals surface area contributed by atoms with Crippen molar-refractivity contribution in [1.82, 2.24) is 25.1 Å². The second-order valence-corrected chi connectivity index (χ2v) is 7.23. The van der Waals surface area contributed by atoms with Gasteiger partial charge in [0.05, 0.1) is 18.0 Å². The molecule has 1 aromatic carbocycles. The molecule has 0 aliphatic rings. The Morgan fingerprint density at radius 2 is 1.96 bits per heavy atom. The number of aliphatic hydroxyl groups is 1. The fourth-order valence-electron chi connectivity index (χ4n) is 2.85. The lowest BCUT2D eigenvalue weighted by Crippen LogP contribution is -2.35. The SMILES string of the molecule is Cc1ccc(-c2cc(C(=O)NC(C)CO)cc(-n3ncnc3C(C)C)c2)nc1. The molecule has 2 aromatic heterocycles. The van der Waals surface area contributed by atoms with Crippen molar-refractivity contribution in [1.29, 1.82) is 0 Å². The van der Waals surface area contributed by atoms with E-state index in [-0.39, 0.29) is 24.5 Å². The molecule has 28 heavy (non-hydrogen) atoms. The molecule has 7 heteroatoms. The van der Waals surface area contributed by atoms with Gasteiger partial charge in [-0.15, -0.1) is 0 Å². The Bertz CT molecular complexity index is 963.